The number of rotatable bonds is 9. The molecule has 8 rings (SSSR count). The number of likely N-dealkylation sites (tertiary alicyclic amines) is 1. The zero-order valence-corrected chi connectivity index (χ0v) is 30.1. The summed E-state index contributed by atoms with van der Waals surface area (Å²) < 4.78 is 13.9. The van der Waals surface area contributed by atoms with Gasteiger partial charge in [-0.3, -0.25) is 29.9 Å². The number of carbonyl (C=O) groups excluding carboxylic acids is 4. The first kappa shape index (κ1) is 35.6. The molecule has 4 aromatic rings. The molecule has 2 aromatic carbocycles. The van der Waals surface area contributed by atoms with E-state index in [1.807, 2.05) is 40.1 Å². The van der Waals surface area contributed by atoms with Crippen molar-refractivity contribution in [1.29, 1.82) is 5.41 Å². The minimum absolute atomic E-state index is 0.0314. The number of piperidine rings is 1. The van der Waals surface area contributed by atoms with E-state index in [2.05, 4.69) is 25.5 Å². The van der Waals surface area contributed by atoms with Crippen LogP contribution in [-0.2, 0) is 20.9 Å². The number of pyridine rings is 1. The number of nitrogens with one attached hydrogen (secondary N) is 4. The second kappa shape index (κ2) is 15.2. The fraction of sp³-hybridized carbons (Fsp3) is 0.325. The van der Waals surface area contributed by atoms with Gasteiger partial charge in [-0.1, -0.05) is 18.2 Å². The molecule has 0 saturated carbocycles. The van der Waals surface area contributed by atoms with Gasteiger partial charge in [-0.15, -0.1) is 0 Å². The van der Waals surface area contributed by atoms with E-state index in [0.29, 0.717) is 55.5 Å². The first-order valence-corrected chi connectivity index (χ1v) is 18.6. The molecule has 0 spiro atoms. The second-order valence-corrected chi connectivity index (χ2v) is 14.2. The van der Waals surface area contributed by atoms with Crippen LogP contribution in [0.15, 0.2) is 72.9 Å². The maximum Gasteiger partial charge on any atom is 0.255 e. The van der Waals surface area contributed by atoms with Crippen LogP contribution in [0, 0.1) is 11.2 Å². The summed E-state index contributed by atoms with van der Waals surface area (Å²) in [7, 11) is 0. The number of imide groups is 1. The predicted octanol–water partition coefficient (Wildman–Crippen LogP) is 3.96. The summed E-state index contributed by atoms with van der Waals surface area (Å²) in [6.45, 7) is 3.40. The molecule has 0 aliphatic carbocycles. The van der Waals surface area contributed by atoms with Crippen molar-refractivity contribution in [1.82, 2.24) is 35.0 Å². The highest BCUT2D eigenvalue weighted by Crippen LogP contribution is 2.33. The molecule has 0 radical (unpaired) electrons. The molecule has 4 amide bonds. The van der Waals surface area contributed by atoms with Crippen molar-refractivity contribution < 1.29 is 23.6 Å². The quantitative estimate of drug-likeness (QED) is 0.113. The number of nitrogens with zero attached hydrogens (tertiary/aromatic N) is 6. The summed E-state index contributed by atoms with van der Waals surface area (Å²) in [5, 5.41) is 14.2. The van der Waals surface area contributed by atoms with E-state index in [4.69, 9.17) is 10.4 Å². The Kier molecular flexibility index (Phi) is 9.83. The molecule has 3 fully saturated rings. The Morgan fingerprint density at radius 1 is 0.982 bits per heavy atom. The summed E-state index contributed by atoms with van der Waals surface area (Å²) in [6, 6.07) is 17.0. The Hall–Kier alpha value is -6.38. The van der Waals surface area contributed by atoms with Crippen LogP contribution in [0.25, 0.3) is 17.5 Å². The summed E-state index contributed by atoms with van der Waals surface area (Å²) in [6.07, 6.45) is 7.51. The summed E-state index contributed by atoms with van der Waals surface area (Å²) in [4.78, 5) is 70.2. The summed E-state index contributed by atoms with van der Waals surface area (Å²) in [5.41, 5.74) is 4.35. The average molecular weight is 745 g/mol. The lowest BCUT2D eigenvalue weighted by molar-refractivity contribution is -0.137. The Bertz CT molecular complexity index is 2200. The van der Waals surface area contributed by atoms with E-state index < -0.39 is 11.9 Å². The number of anilines is 2. The van der Waals surface area contributed by atoms with Gasteiger partial charge in [0, 0.05) is 56.9 Å². The zero-order valence-electron chi connectivity index (χ0n) is 30.1. The van der Waals surface area contributed by atoms with Crippen LogP contribution in [0.4, 0.5) is 15.9 Å². The highest BCUT2D eigenvalue weighted by atomic mass is 19.1. The van der Waals surface area contributed by atoms with Crippen LogP contribution in [0.1, 0.15) is 59.0 Å². The Morgan fingerprint density at radius 3 is 2.64 bits per heavy atom. The molecule has 4 aliphatic rings. The van der Waals surface area contributed by atoms with Crippen molar-refractivity contribution in [2.24, 2.45) is 0 Å². The minimum Gasteiger partial charge on any atom is -0.376 e. The molecule has 4 N–H and O–H groups in total. The Labute approximate surface area is 316 Å². The van der Waals surface area contributed by atoms with E-state index in [1.165, 1.54) is 11.0 Å². The number of hydrogen-bond acceptors (Lipinski definition) is 9. The lowest BCUT2D eigenvalue weighted by atomic mass is 10.0. The fourth-order valence-corrected chi connectivity index (χ4v) is 7.83. The van der Waals surface area contributed by atoms with E-state index >= 15 is 0 Å². The zero-order chi connectivity index (χ0) is 38.1. The van der Waals surface area contributed by atoms with Crippen LogP contribution in [0.5, 0.6) is 0 Å². The number of aromatic nitrogens is 3. The Morgan fingerprint density at radius 2 is 1.82 bits per heavy atom. The molecule has 282 valence electrons. The molecule has 4 aliphatic heterocycles. The molecular formula is C40H41FN10O4. The predicted molar refractivity (Wildman–Crippen MR) is 203 cm³/mol. The van der Waals surface area contributed by atoms with Crippen molar-refractivity contribution in [3.05, 3.63) is 101 Å². The molecule has 15 heteroatoms. The van der Waals surface area contributed by atoms with Gasteiger partial charge in [-0.05, 0) is 85.0 Å². The number of aromatic amines is 1. The van der Waals surface area contributed by atoms with Gasteiger partial charge in [0.2, 0.25) is 17.7 Å². The second-order valence-electron chi connectivity index (χ2n) is 14.2. The number of benzene rings is 2. The molecule has 0 bridgehead atoms. The summed E-state index contributed by atoms with van der Waals surface area (Å²) >= 11 is 0. The van der Waals surface area contributed by atoms with Crippen molar-refractivity contribution in [2.75, 3.05) is 49.5 Å². The number of imidazole rings is 1. The van der Waals surface area contributed by atoms with Gasteiger partial charge < -0.3 is 29.9 Å². The molecule has 55 heavy (non-hydrogen) atoms. The van der Waals surface area contributed by atoms with Crippen LogP contribution in [0.2, 0.25) is 0 Å². The maximum atomic E-state index is 13.9. The van der Waals surface area contributed by atoms with Gasteiger partial charge in [0.05, 0.1) is 30.2 Å². The maximum absolute atomic E-state index is 13.9. The Balaban J connectivity index is 0.824. The van der Waals surface area contributed by atoms with Crippen LogP contribution >= 0.6 is 0 Å². The number of amides is 4. The lowest BCUT2D eigenvalue weighted by Crippen LogP contribution is -2.52. The molecule has 14 nitrogen and oxygen atoms in total. The van der Waals surface area contributed by atoms with Crippen molar-refractivity contribution in [2.45, 2.75) is 44.3 Å². The van der Waals surface area contributed by atoms with Gasteiger partial charge in [-0.2, -0.15) is 0 Å². The smallest absolute Gasteiger partial charge is 0.255 e. The largest absolute Gasteiger partial charge is 0.376 e. The molecule has 6 heterocycles. The number of fused-ring (bicyclic) bond motifs is 1. The van der Waals surface area contributed by atoms with Crippen molar-refractivity contribution >= 4 is 47.0 Å². The van der Waals surface area contributed by atoms with Gasteiger partial charge in [0.1, 0.15) is 29.3 Å². The topological polar surface area (TPSA) is 171 Å². The van der Waals surface area contributed by atoms with E-state index in [-0.39, 0.29) is 49.1 Å². The van der Waals surface area contributed by atoms with Crippen LogP contribution < -0.4 is 15.5 Å². The number of carbonyl (C=O) groups is 4. The first-order chi connectivity index (χ1) is 26.7. The van der Waals surface area contributed by atoms with E-state index in [1.54, 1.807) is 42.6 Å². The highest BCUT2D eigenvalue weighted by molar-refractivity contribution is 6.05. The molecule has 3 saturated heterocycles. The SMILES string of the molecule is N=C(/C=C\c1ncc(-c2cccc(N3CCN(C(=O)CNc4ccc5c(c4)CN(C4CCC(=O)NC4=O)C5=O)CC3)n2)[nH]1)N1CCC[C@@H]1c1cccc(F)c1. The minimum atomic E-state index is -0.676. The van der Waals surface area contributed by atoms with E-state index in [0.717, 1.165) is 47.7 Å². The van der Waals surface area contributed by atoms with Gasteiger partial charge in [0.25, 0.3) is 5.91 Å². The number of amidine groups is 1. The van der Waals surface area contributed by atoms with Crippen molar-refractivity contribution in [3.8, 4) is 11.4 Å². The van der Waals surface area contributed by atoms with Crippen LogP contribution in [0.3, 0.4) is 0 Å². The lowest BCUT2D eigenvalue weighted by Gasteiger charge is -2.35. The number of hydrogen-bond donors (Lipinski definition) is 4. The summed E-state index contributed by atoms with van der Waals surface area (Å²) in [5.74, 6) is 0.423. The molecule has 1 unspecified atom stereocenters. The van der Waals surface area contributed by atoms with Crippen LogP contribution in [-0.4, -0.2) is 104 Å². The number of H-pyrrole nitrogens is 1. The molecule has 2 aromatic heterocycles. The average Bonchev–Trinajstić information content (AvgIpc) is 3.96. The first-order valence-electron chi connectivity index (χ1n) is 18.6. The number of halogens is 1. The van der Waals surface area contributed by atoms with Crippen molar-refractivity contribution in [3.63, 3.8) is 0 Å². The van der Waals surface area contributed by atoms with Gasteiger partial charge in [-0.25, -0.2) is 14.4 Å². The van der Waals surface area contributed by atoms with E-state index in [9.17, 15) is 23.6 Å². The monoisotopic (exact) mass is 744 g/mol. The number of piperazine rings is 1. The third-order valence-electron chi connectivity index (χ3n) is 10.7. The normalized spacial score (nSPS) is 20.0. The van der Waals surface area contributed by atoms with Gasteiger partial charge >= 0.3 is 0 Å². The highest BCUT2D eigenvalue weighted by Gasteiger charge is 2.39. The van der Waals surface area contributed by atoms with Gasteiger partial charge in [0.15, 0.2) is 0 Å². The third-order valence-corrected chi connectivity index (χ3v) is 10.7. The standard InChI is InChI=1S/C40H41FN10O4/c41-27-5-1-4-25(20-27)32-7-3-15-50(32)34(42)12-13-35-44-22-31(45-35)30-6-2-8-36(46-30)48-16-18-49(19-17-48)38(53)23-43-28-9-10-29-26(21-28)24-51(40(29)55)33-11-14-37(52)47-39(33)54/h1-2,4-6,8-10,12-13,20-22,32-33,42-43H,3,7,11,14-19,23-24H2,(H,44,45)(H,47,52,54)/b13-12-,42-34?/t32-,33?/m1/s1. The molecular weight excluding hydrogens is 704 g/mol. The molecule has 2 atom stereocenters. The fourth-order valence-electron chi connectivity index (χ4n) is 7.83. The third kappa shape index (κ3) is 7.54.